The van der Waals surface area contributed by atoms with E-state index < -0.39 is 15.8 Å². The van der Waals surface area contributed by atoms with Gasteiger partial charge in [-0.2, -0.15) is 0 Å². The summed E-state index contributed by atoms with van der Waals surface area (Å²) in [4.78, 5) is 8.97. The van der Waals surface area contributed by atoms with Gasteiger partial charge in [0, 0.05) is 5.56 Å². The number of hydrogen-bond acceptors (Lipinski definition) is 5. The van der Waals surface area contributed by atoms with Crippen LogP contribution in [0.4, 0.5) is 15.9 Å². The molecule has 0 saturated heterocycles. The highest BCUT2D eigenvalue weighted by Gasteiger charge is 2.35. The Bertz CT molecular complexity index is 1340. The Balaban J connectivity index is 1.81. The van der Waals surface area contributed by atoms with Gasteiger partial charge in [0.1, 0.15) is 12.4 Å². The smallest absolute Gasteiger partial charge is 0.270 e. The van der Waals surface area contributed by atoms with Crippen LogP contribution in [-0.2, 0) is 16.6 Å². The van der Waals surface area contributed by atoms with Crippen molar-refractivity contribution in [3.8, 4) is 5.88 Å². The number of rotatable bonds is 2. The average Bonchev–Trinajstić information content (AvgIpc) is 2.89. The lowest BCUT2D eigenvalue weighted by molar-refractivity contribution is 0.298. The molecule has 4 aromatic rings. The Morgan fingerprint density at radius 2 is 1.52 bits per heavy atom. The van der Waals surface area contributed by atoms with Crippen LogP contribution >= 0.6 is 0 Å². The van der Waals surface area contributed by atoms with Crippen LogP contribution in [0.25, 0.3) is 11.0 Å². The minimum Gasteiger partial charge on any atom is -0.470 e. The Hall–Kier alpha value is -3.52. The van der Waals surface area contributed by atoms with E-state index in [0.717, 1.165) is 16.4 Å². The maximum atomic E-state index is 13.6. The number of nitrogens with zero attached hydrogens (tertiary/aromatic N) is 3. The van der Waals surface area contributed by atoms with Gasteiger partial charge < -0.3 is 4.74 Å². The van der Waals surface area contributed by atoms with Gasteiger partial charge in [0.05, 0.1) is 21.6 Å². The van der Waals surface area contributed by atoms with Gasteiger partial charge in [0.2, 0.25) is 5.82 Å². The van der Waals surface area contributed by atoms with Gasteiger partial charge in [-0.3, -0.25) is 0 Å². The molecule has 0 saturated carbocycles. The van der Waals surface area contributed by atoms with Crippen molar-refractivity contribution in [3.05, 3.63) is 84.2 Å². The van der Waals surface area contributed by atoms with Crippen LogP contribution in [0.3, 0.4) is 0 Å². The molecular formula is C21H14FN3O3S. The van der Waals surface area contributed by atoms with Gasteiger partial charge >= 0.3 is 0 Å². The van der Waals surface area contributed by atoms with E-state index in [-0.39, 0.29) is 23.2 Å². The number of fused-ring (bicyclic) bond motifs is 3. The summed E-state index contributed by atoms with van der Waals surface area (Å²) in [6.45, 7) is 0.144. The van der Waals surface area contributed by atoms with Gasteiger partial charge in [-0.25, -0.2) is 27.1 Å². The molecule has 5 rings (SSSR count). The second-order valence-electron chi connectivity index (χ2n) is 6.48. The van der Waals surface area contributed by atoms with E-state index in [0.29, 0.717) is 22.3 Å². The largest absolute Gasteiger partial charge is 0.470 e. The molecule has 3 aromatic carbocycles. The first-order valence-electron chi connectivity index (χ1n) is 8.82. The van der Waals surface area contributed by atoms with E-state index >= 15 is 0 Å². The van der Waals surface area contributed by atoms with Crippen molar-refractivity contribution in [2.75, 3.05) is 4.31 Å². The van der Waals surface area contributed by atoms with E-state index in [1.807, 2.05) is 6.07 Å². The molecule has 0 fully saturated rings. The van der Waals surface area contributed by atoms with Crippen LogP contribution in [0.1, 0.15) is 5.56 Å². The molecular weight excluding hydrogens is 393 g/mol. The van der Waals surface area contributed by atoms with E-state index in [9.17, 15) is 12.8 Å². The van der Waals surface area contributed by atoms with Crippen LogP contribution in [-0.4, -0.2) is 18.4 Å². The van der Waals surface area contributed by atoms with Crippen molar-refractivity contribution in [1.29, 1.82) is 0 Å². The number of hydrogen-bond donors (Lipinski definition) is 0. The third-order valence-corrected chi connectivity index (χ3v) is 6.36. The summed E-state index contributed by atoms with van der Waals surface area (Å²) < 4.78 is 47.5. The Morgan fingerprint density at radius 3 is 2.28 bits per heavy atom. The van der Waals surface area contributed by atoms with Gasteiger partial charge in [0.25, 0.3) is 15.9 Å². The molecule has 0 bridgehead atoms. The highest BCUT2D eigenvalue weighted by atomic mass is 32.2. The summed E-state index contributed by atoms with van der Waals surface area (Å²) in [7, 11) is -4.11. The van der Waals surface area contributed by atoms with Crippen LogP contribution in [0.2, 0.25) is 0 Å². The van der Waals surface area contributed by atoms with Crippen molar-refractivity contribution in [3.63, 3.8) is 0 Å². The van der Waals surface area contributed by atoms with Crippen molar-refractivity contribution in [1.82, 2.24) is 9.97 Å². The first kappa shape index (κ1) is 17.6. The standard InChI is InChI=1S/C21H14FN3O3S/c22-15-9-11-16(12-10-15)29(26,27)25-19-8-4-1-5-14(19)13-28-21-20(25)23-17-6-2-3-7-18(17)24-21/h1-12H,13H2. The summed E-state index contributed by atoms with van der Waals surface area (Å²) in [5, 5.41) is 0. The van der Waals surface area contributed by atoms with E-state index in [2.05, 4.69) is 9.97 Å². The molecule has 1 aromatic heterocycles. The molecule has 0 N–H and O–H groups in total. The number of ether oxygens (including phenoxy) is 1. The topological polar surface area (TPSA) is 72.4 Å². The minimum absolute atomic E-state index is 0.0588. The lowest BCUT2D eigenvalue weighted by Crippen LogP contribution is -2.27. The third kappa shape index (κ3) is 2.89. The molecule has 0 aliphatic carbocycles. The lowest BCUT2D eigenvalue weighted by Gasteiger charge is -2.24. The van der Waals surface area contributed by atoms with Gasteiger partial charge in [-0.1, -0.05) is 30.3 Å². The molecule has 0 spiro atoms. The van der Waals surface area contributed by atoms with E-state index in [4.69, 9.17) is 4.74 Å². The number of anilines is 2. The second kappa shape index (κ2) is 6.52. The Morgan fingerprint density at radius 1 is 0.862 bits per heavy atom. The fraction of sp³-hybridized carbons (Fsp3) is 0.0476. The molecule has 0 atom stereocenters. The van der Waals surface area contributed by atoms with Crippen molar-refractivity contribution in [2.45, 2.75) is 11.5 Å². The van der Waals surface area contributed by atoms with Crippen molar-refractivity contribution < 1.29 is 17.5 Å². The summed E-state index contributed by atoms with van der Waals surface area (Å²) >= 11 is 0. The van der Waals surface area contributed by atoms with Crippen LogP contribution in [0.5, 0.6) is 5.88 Å². The summed E-state index contributed by atoms with van der Waals surface area (Å²) in [5.74, 6) is -0.335. The first-order chi connectivity index (χ1) is 14.0. The number of para-hydroxylation sites is 3. The maximum Gasteiger partial charge on any atom is 0.270 e. The molecule has 1 aliphatic rings. The molecule has 0 amide bonds. The normalized spacial score (nSPS) is 13.3. The number of halogens is 1. The zero-order valence-corrected chi connectivity index (χ0v) is 15.8. The Labute approximate surface area is 166 Å². The van der Waals surface area contributed by atoms with Gasteiger partial charge in [0.15, 0.2) is 0 Å². The zero-order valence-electron chi connectivity index (χ0n) is 15.0. The van der Waals surface area contributed by atoms with Crippen LogP contribution in [0, 0.1) is 5.82 Å². The first-order valence-corrected chi connectivity index (χ1v) is 10.3. The van der Waals surface area contributed by atoms with Crippen LogP contribution < -0.4 is 9.04 Å². The molecule has 144 valence electrons. The maximum absolute atomic E-state index is 13.6. The van der Waals surface area contributed by atoms with Crippen molar-refractivity contribution in [2.24, 2.45) is 0 Å². The summed E-state index contributed by atoms with van der Waals surface area (Å²) in [5.41, 5.74) is 2.21. The Kier molecular flexibility index (Phi) is 3.95. The summed E-state index contributed by atoms with van der Waals surface area (Å²) in [6, 6.07) is 18.9. The molecule has 29 heavy (non-hydrogen) atoms. The fourth-order valence-electron chi connectivity index (χ4n) is 3.25. The monoisotopic (exact) mass is 407 g/mol. The van der Waals surface area contributed by atoms with E-state index in [1.165, 1.54) is 12.1 Å². The summed E-state index contributed by atoms with van der Waals surface area (Å²) in [6.07, 6.45) is 0. The number of sulfonamides is 1. The molecule has 1 aliphatic heterocycles. The van der Waals surface area contributed by atoms with Gasteiger partial charge in [-0.05, 0) is 42.5 Å². The average molecular weight is 407 g/mol. The van der Waals surface area contributed by atoms with E-state index in [1.54, 1.807) is 42.5 Å². The van der Waals surface area contributed by atoms with Gasteiger partial charge in [-0.15, -0.1) is 0 Å². The molecule has 0 unspecified atom stereocenters. The predicted molar refractivity (Wildman–Crippen MR) is 106 cm³/mol. The second-order valence-corrected chi connectivity index (χ2v) is 8.27. The highest BCUT2D eigenvalue weighted by Crippen LogP contribution is 2.41. The number of aromatic nitrogens is 2. The van der Waals surface area contributed by atoms with Crippen LogP contribution in [0.15, 0.2) is 77.7 Å². The molecule has 0 radical (unpaired) electrons. The lowest BCUT2D eigenvalue weighted by atomic mass is 10.2. The highest BCUT2D eigenvalue weighted by molar-refractivity contribution is 7.93. The number of benzene rings is 3. The predicted octanol–water partition coefficient (Wildman–Crippen LogP) is 4.19. The minimum atomic E-state index is -4.11. The third-order valence-electron chi connectivity index (χ3n) is 4.64. The zero-order chi connectivity index (χ0) is 20.0. The van der Waals surface area contributed by atoms with Crippen molar-refractivity contribution >= 4 is 32.6 Å². The molecule has 2 heterocycles. The molecule has 6 nitrogen and oxygen atoms in total. The fourth-order valence-corrected chi connectivity index (χ4v) is 4.72. The molecule has 8 heteroatoms. The SMILES string of the molecule is O=S(=O)(c1ccc(F)cc1)N1c2ccccc2COc2nc3ccccc3nc21. The quantitative estimate of drug-likeness (QED) is 0.498.